The molecule has 1 aliphatic carbocycles. The maximum absolute atomic E-state index is 12.6. The summed E-state index contributed by atoms with van der Waals surface area (Å²) in [5, 5.41) is 10.2. The first-order chi connectivity index (χ1) is 18.1. The van der Waals surface area contributed by atoms with Gasteiger partial charge in [-0.25, -0.2) is 4.98 Å². The van der Waals surface area contributed by atoms with Gasteiger partial charge >= 0.3 is 0 Å². The third-order valence-electron chi connectivity index (χ3n) is 7.34. The summed E-state index contributed by atoms with van der Waals surface area (Å²) < 4.78 is 24.2. The molecule has 0 amide bonds. The van der Waals surface area contributed by atoms with E-state index in [1.54, 1.807) is 13.2 Å². The number of hydrogen-bond donors (Lipinski definition) is 1. The van der Waals surface area contributed by atoms with Gasteiger partial charge in [0.25, 0.3) is 0 Å². The number of pyridine rings is 1. The Morgan fingerprint density at radius 1 is 1.03 bits per heavy atom. The number of benzene rings is 2. The first-order valence-electron chi connectivity index (χ1n) is 13.3. The van der Waals surface area contributed by atoms with Crippen LogP contribution in [0.4, 0.5) is 4.39 Å². The Morgan fingerprint density at radius 2 is 1.86 bits per heavy atom. The number of phenolic OH excluding ortho intramolecular Hbond substituents is 1. The second-order valence-electron chi connectivity index (χ2n) is 9.89. The van der Waals surface area contributed by atoms with Crippen molar-refractivity contribution in [1.82, 2.24) is 9.88 Å². The molecule has 6 heteroatoms. The SMILES string of the molecule is COc1ccc(C2=C(c3ccc(O[C@H]4CCCN(CCCF)C4)cc3)c3ccc(O)cc3CCC2)cn1. The van der Waals surface area contributed by atoms with Crippen molar-refractivity contribution in [2.45, 2.75) is 44.6 Å². The molecular weight excluding hydrogens is 467 g/mol. The van der Waals surface area contributed by atoms with Gasteiger partial charge in [-0.1, -0.05) is 18.2 Å². The standard InChI is InChI=1S/C31H35FN2O3/c1-36-30-15-10-24(20-33-30)28-7-2-5-23-19-25(35)11-14-29(23)31(28)22-8-12-26(13-9-22)37-27-6-3-17-34(21-27)18-4-16-32/h8-15,19-20,27,35H,2-7,16-18,21H2,1H3/t27-/m0/s1. The number of likely N-dealkylation sites (tertiary alicyclic amines) is 1. The van der Waals surface area contributed by atoms with Gasteiger partial charge in [-0.05, 0) is 109 Å². The van der Waals surface area contributed by atoms with Crippen molar-refractivity contribution in [3.05, 3.63) is 83.0 Å². The predicted molar refractivity (Wildman–Crippen MR) is 145 cm³/mol. The first-order valence-corrected chi connectivity index (χ1v) is 13.3. The highest BCUT2D eigenvalue weighted by molar-refractivity contribution is 5.99. The summed E-state index contributed by atoms with van der Waals surface area (Å²) in [6.45, 7) is 2.39. The van der Waals surface area contributed by atoms with Crippen LogP contribution >= 0.6 is 0 Å². The molecule has 5 nitrogen and oxygen atoms in total. The molecule has 2 aliphatic rings. The fraction of sp³-hybridized carbons (Fsp3) is 0.387. The molecule has 0 saturated carbocycles. The number of allylic oxidation sites excluding steroid dienone is 1. The lowest BCUT2D eigenvalue weighted by Crippen LogP contribution is -2.41. The molecule has 194 valence electrons. The van der Waals surface area contributed by atoms with Gasteiger partial charge in [0.2, 0.25) is 5.88 Å². The van der Waals surface area contributed by atoms with E-state index in [0.29, 0.717) is 18.1 Å². The van der Waals surface area contributed by atoms with E-state index in [1.807, 2.05) is 24.4 Å². The van der Waals surface area contributed by atoms with E-state index in [1.165, 1.54) is 11.1 Å². The molecule has 37 heavy (non-hydrogen) atoms. The van der Waals surface area contributed by atoms with Crippen LogP contribution in [0.3, 0.4) is 0 Å². The van der Waals surface area contributed by atoms with Gasteiger partial charge < -0.3 is 14.6 Å². The van der Waals surface area contributed by atoms with Gasteiger partial charge in [0.05, 0.1) is 13.8 Å². The second kappa shape index (κ2) is 11.8. The van der Waals surface area contributed by atoms with Gasteiger partial charge in [-0.15, -0.1) is 0 Å². The number of nitrogens with zero attached hydrogens (tertiary/aromatic N) is 2. The number of fused-ring (bicyclic) bond motifs is 1. The summed E-state index contributed by atoms with van der Waals surface area (Å²) in [5.41, 5.74) is 6.89. The summed E-state index contributed by atoms with van der Waals surface area (Å²) in [4.78, 5) is 6.77. The molecule has 1 atom stereocenters. The summed E-state index contributed by atoms with van der Waals surface area (Å²) >= 11 is 0. The van der Waals surface area contributed by atoms with E-state index >= 15 is 0 Å². The highest BCUT2D eigenvalue weighted by atomic mass is 19.1. The zero-order valence-electron chi connectivity index (χ0n) is 21.5. The average molecular weight is 503 g/mol. The van der Waals surface area contributed by atoms with Crippen molar-refractivity contribution in [3.63, 3.8) is 0 Å². The quantitative estimate of drug-likeness (QED) is 0.392. The minimum absolute atomic E-state index is 0.126. The number of aryl methyl sites for hydroxylation is 1. The molecule has 3 aromatic rings. The third-order valence-corrected chi connectivity index (χ3v) is 7.34. The fourth-order valence-corrected chi connectivity index (χ4v) is 5.56. The lowest BCUT2D eigenvalue weighted by atomic mass is 9.88. The largest absolute Gasteiger partial charge is 0.508 e. The molecule has 2 aromatic carbocycles. The fourth-order valence-electron chi connectivity index (χ4n) is 5.56. The first kappa shape index (κ1) is 25.3. The molecule has 1 saturated heterocycles. The summed E-state index contributed by atoms with van der Waals surface area (Å²) in [7, 11) is 1.62. The molecule has 0 unspecified atom stereocenters. The Labute approximate surface area is 218 Å². The molecular formula is C31H35FN2O3. The van der Waals surface area contributed by atoms with Crippen LogP contribution in [0.25, 0.3) is 11.1 Å². The van der Waals surface area contributed by atoms with E-state index in [2.05, 4.69) is 40.2 Å². The van der Waals surface area contributed by atoms with E-state index in [0.717, 1.165) is 79.7 Å². The lowest BCUT2D eigenvalue weighted by Gasteiger charge is -2.32. The third kappa shape index (κ3) is 5.96. The zero-order valence-corrected chi connectivity index (χ0v) is 21.5. The Balaban J connectivity index is 1.46. The van der Waals surface area contributed by atoms with Gasteiger partial charge in [-0.3, -0.25) is 9.29 Å². The van der Waals surface area contributed by atoms with Crippen molar-refractivity contribution in [2.24, 2.45) is 0 Å². The summed E-state index contributed by atoms with van der Waals surface area (Å²) in [6, 6.07) is 18.0. The lowest BCUT2D eigenvalue weighted by molar-refractivity contribution is 0.0866. The molecule has 1 aromatic heterocycles. The number of alkyl halides is 1. The van der Waals surface area contributed by atoms with Crippen LogP contribution in [0.15, 0.2) is 60.8 Å². The van der Waals surface area contributed by atoms with Crippen molar-refractivity contribution < 1.29 is 19.0 Å². The van der Waals surface area contributed by atoms with E-state index in [4.69, 9.17) is 9.47 Å². The van der Waals surface area contributed by atoms with Crippen molar-refractivity contribution >= 4 is 11.1 Å². The minimum Gasteiger partial charge on any atom is -0.508 e. The number of aromatic nitrogens is 1. The normalized spacial score (nSPS) is 18.3. The number of rotatable bonds is 8. The van der Waals surface area contributed by atoms with E-state index in [9.17, 15) is 9.50 Å². The monoisotopic (exact) mass is 502 g/mol. The average Bonchev–Trinajstić information content (AvgIpc) is 3.12. The molecule has 0 bridgehead atoms. The van der Waals surface area contributed by atoms with Crippen LogP contribution in [0.1, 0.15) is 54.4 Å². The second-order valence-corrected chi connectivity index (χ2v) is 9.89. The Morgan fingerprint density at radius 3 is 2.62 bits per heavy atom. The van der Waals surface area contributed by atoms with Crippen molar-refractivity contribution in [2.75, 3.05) is 33.4 Å². The Hall–Kier alpha value is -3.38. The maximum atomic E-state index is 12.6. The number of piperidine rings is 1. The Kier molecular flexibility index (Phi) is 8.05. The number of hydrogen-bond acceptors (Lipinski definition) is 5. The number of methoxy groups -OCH3 is 1. The van der Waals surface area contributed by atoms with Crippen LogP contribution in [-0.2, 0) is 6.42 Å². The number of aromatic hydroxyl groups is 1. The van der Waals surface area contributed by atoms with E-state index in [-0.39, 0.29) is 12.8 Å². The molecule has 0 radical (unpaired) electrons. The number of ether oxygens (including phenoxy) is 2. The molecule has 1 N–H and O–H groups in total. The van der Waals surface area contributed by atoms with Crippen LogP contribution in [0.5, 0.6) is 17.4 Å². The summed E-state index contributed by atoms with van der Waals surface area (Å²) in [6.07, 6.45) is 7.49. The van der Waals surface area contributed by atoms with Crippen LogP contribution < -0.4 is 9.47 Å². The molecule has 5 rings (SSSR count). The van der Waals surface area contributed by atoms with Gasteiger partial charge in [0, 0.05) is 25.4 Å². The van der Waals surface area contributed by atoms with Gasteiger partial charge in [0.1, 0.15) is 17.6 Å². The topological polar surface area (TPSA) is 54.8 Å². The minimum atomic E-state index is -0.267. The molecule has 1 aliphatic heterocycles. The molecule has 1 fully saturated rings. The van der Waals surface area contributed by atoms with Gasteiger partial charge in [0.15, 0.2) is 0 Å². The van der Waals surface area contributed by atoms with Crippen LogP contribution in [0, 0.1) is 0 Å². The smallest absolute Gasteiger partial charge is 0.212 e. The summed E-state index contributed by atoms with van der Waals surface area (Å²) in [5.74, 6) is 1.75. The molecule has 0 spiro atoms. The van der Waals surface area contributed by atoms with Gasteiger partial charge in [-0.2, -0.15) is 0 Å². The highest BCUT2D eigenvalue weighted by Gasteiger charge is 2.23. The van der Waals surface area contributed by atoms with E-state index < -0.39 is 0 Å². The number of halogens is 1. The predicted octanol–water partition coefficient (Wildman–Crippen LogP) is 6.29. The zero-order chi connectivity index (χ0) is 25.6. The molecule has 2 heterocycles. The van der Waals surface area contributed by atoms with Crippen LogP contribution in [0.2, 0.25) is 0 Å². The highest BCUT2D eigenvalue weighted by Crippen LogP contribution is 2.41. The van der Waals surface area contributed by atoms with Crippen molar-refractivity contribution in [3.8, 4) is 17.4 Å². The number of phenols is 1. The maximum Gasteiger partial charge on any atom is 0.212 e. The van der Waals surface area contributed by atoms with Crippen LogP contribution in [-0.4, -0.2) is 54.5 Å². The Bertz CT molecular complexity index is 1220. The van der Waals surface area contributed by atoms with Crippen molar-refractivity contribution in [1.29, 1.82) is 0 Å².